The van der Waals surface area contributed by atoms with Gasteiger partial charge >= 0.3 is 0 Å². The van der Waals surface area contributed by atoms with Gasteiger partial charge in [0.2, 0.25) is 11.8 Å². The zero-order chi connectivity index (χ0) is 15.1. The van der Waals surface area contributed by atoms with E-state index in [1.807, 2.05) is 30.3 Å². The van der Waals surface area contributed by atoms with Crippen LogP contribution in [0.3, 0.4) is 0 Å². The highest BCUT2D eigenvalue weighted by molar-refractivity contribution is 5.79. The second-order valence-corrected chi connectivity index (χ2v) is 5.41. The van der Waals surface area contributed by atoms with E-state index in [0.29, 0.717) is 32.4 Å². The Kier molecular flexibility index (Phi) is 5.60. The van der Waals surface area contributed by atoms with E-state index in [4.69, 9.17) is 4.74 Å². The van der Waals surface area contributed by atoms with Crippen LogP contribution in [0, 0.1) is 5.92 Å². The summed E-state index contributed by atoms with van der Waals surface area (Å²) in [5.74, 6) is 1.25. The van der Waals surface area contributed by atoms with Crippen LogP contribution in [-0.2, 0) is 9.59 Å². The van der Waals surface area contributed by atoms with Crippen molar-refractivity contribution >= 4 is 11.8 Å². The first-order chi connectivity index (χ1) is 10.1. The van der Waals surface area contributed by atoms with E-state index < -0.39 is 0 Å². The standard InChI is InChI=1S/C16H22N2O3/c1-18-12-13(10-16(18)20)11-17-15(19)8-5-9-21-14-6-3-2-4-7-14/h2-4,6-7,13H,5,8-12H2,1H3,(H,17,19). The second kappa shape index (κ2) is 7.67. The van der Waals surface area contributed by atoms with Gasteiger partial charge in [0.25, 0.3) is 0 Å². The van der Waals surface area contributed by atoms with Gasteiger partial charge in [-0.25, -0.2) is 0 Å². The van der Waals surface area contributed by atoms with Crippen LogP contribution in [0.4, 0.5) is 0 Å². The molecule has 1 atom stereocenters. The Morgan fingerprint density at radius 1 is 1.38 bits per heavy atom. The van der Waals surface area contributed by atoms with E-state index in [2.05, 4.69) is 5.32 Å². The Labute approximate surface area is 125 Å². The number of amides is 2. The van der Waals surface area contributed by atoms with Crippen molar-refractivity contribution in [2.75, 3.05) is 26.7 Å². The van der Waals surface area contributed by atoms with Gasteiger partial charge in [-0.05, 0) is 18.6 Å². The zero-order valence-corrected chi connectivity index (χ0v) is 12.4. The summed E-state index contributed by atoms with van der Waals surface area (Å²) in [5.41, 5.74) is 0. The summed E-state index contributed by atoms with van der Waals surface area (Å²) in [7, 11) is 1.80. The fourth-order valence-electron chi connectivity index (χ4n) is 2.38. The van der Waals surface area contributed by atoms with E-state index in [1.165, 1.54) is 0 Å². The maximum absolute atomic E-state index is 11.7. The quantitative estimate of drug-likeness (QED) is 0.773. The Hall–Kier alpha value is -2.04. The summed E-state index contributed by atoms with van der Waals surface area (Å²) in [6.07, 6.45) is 1.67. The van der Waals surface area contributed by atoms with Gasteiger partial charge in [-0.3, -0.25) is 9.59 Å². The Bertz CT molecular complexity index is 476. The Morgan fingerprint density at radius 2 is 2.14 bits per heavy atom. The summed E-state index contributed by atoms with van der Waals surface area (Å²) in [6, 6.07) is 9.57. The highest BCUT2D eigenvalue weighted by Crippen LogP contribution is 2.14. The zero-order valence-electron chi connectivity index (χ0n) is 12.4. The predicted molar refractivity (Wildman–Crippen MR) is 79.9 cm³/mol. The Balaban J connectivity index is 1.55. The molecular weight excluding hydrogens is 268 g/mol. The molecule has 5 heteroatoms. The molecule has 0 saturated carbocycles. The van der Waals surface area contributed by atoms with Crippen LogP contribution < -0.4 is 10.1 Å². The first kappa shape index (κ1) is 15.4. The third kappa shape index (κ3) is 5.10. The summed E-state index contributed by atoms with van der Waals surface area (Å²) in [6.45, 7) is 1.84. The highest BCUT2D eigenvalue weighted by Gasteiger charge is 2.26. The lowest BCUT2D eigenvalue weighted by molar-refractivity contribution is -0.126. The highest BCUT2D eigenvalue weighted by atomic mass is 16.5. The lowest BCUT2D eigenvalue weighted by atomic mass is 10.1. The molecule has 1 N–H and O–H groups in total. The normalized spacial score (nSPS) is 17.9. The molecule has 2 rings (SSSR count). The van der Waals surface area contributed by atoms with Crippen molar-refractivity contribution in [3.8, 4) is 5.75 Å². The summed E-state index contributed by atoms with van der Waals surface area (Å²) < 4.78 is 5.53. The molecule has 1 fully saturated rings. The van der Waals surface area contributed by atoms with Crippen LogP contribution in [0.5, 0.6) is 5.75 Å². The molecule has 0 aliphatic carbocycles. The molecular formula is C16H22N2O3. The maximum atomic E-state index is 11.7. The van der Waals surface area contributed by atoms with E-state index in [0.717, 1.165) is 12.3 Å². The number of likely N-dealkylation sites (tertiary alicyclic amines) is 1. The number of hydrogen-bond donors (Lipinski definition) is 1. The van der Waals surface area contributed by atoms with Gasteiger partial charge in [-0.15, -0.1) is 0 Å². The van der Waals surface area contributed by atoms with Gasteiger partial charge in [0.15, 0.2) is 0 Å². The molecule has 5 nitrogen and oxygen atoms in total. The monoisotopic (exact) mass is 290 g/mol. The minimum atomic E-state index is 0.0219. The number of benzene rings is 1. The molecule has 1 saturated heterocycles. The average molecular weight is 290 g/mol. The predicted octanol–water partition coefficient (Wildman–Crippen LogP) is 1.44. The molecule has 0 bridgehead atoms. The topological polar surface area (TPSA) is 58.6 Å². The number of rotatable bonds is 7. The fraction of sp³-hybridized carbons (Fsp3) is 0.500. The van der Waals surface area contributed by atoms with Crippen LogP contribution in [0.1, 0.15) is 19.3 Å². The van der Waals surface area contributed by atoms with Gasteiger partial charge in [0, 0.05) is 38.9 Å². The summed E-state index contributed by atoms with van der Waals surface area (Å²) >= 11 is 0. The average Bonchev–Trinajstić information content (AvgIpc) is 2.81. The van der Waals surface area contributed by atoms with Crippen molar-refractivity contribution < 1.29 is 14.3 Å². The maximum Gasteiger partial charge on any atom is 0.222 e. The fourth-order valence-corrected chi connectivity index (χ4v) is 2.38. The minimum absolute atomic E-state index is 0.0219. The van der Waals surface area contributed by atoms with Gasteiger partial charge in [-0.1, -0.05) is 18.2 Å². The van der Waals surface area contributed by atoms with Crippen molar-refractivity contribution in [3.63, 3.8) is 0 Å². The first-order valence-corrected chi connectivity index (χ1v) is 7.33. The third-order valence-electron chi connectivity index (χ3n) is 3.57. The van der Waals surface area contributed by atoms with E-state index in [1.54, 1.807) is 11.9 Å². The second-order valence-electron chi connectivity index (χ2n) is 5.41. The van der Waals surface area contributed by atoms with Gasteiger partial charge in [0.1, 0.15) is 5.75 Å². The number of nitrogens with one attached hydrogen (secondary N) is 1. The van der Waals surface area contributed by atoms with E-state index in [-0.39, 0.29) is 17.7 Å². The molecule has 1 unspecified atom stereocenters. The number of ether oxygens (including phenoxy) is 1. The van der Waals surface area contributed by atoms with E-state index in [9.17, 15) is 9.59 Å². The smallest absolute Gasteiger partial charge is 0.222 e. The summed E-state index contributed by atoms with van der Waals surface area (Å²) in [4.78, 5) is 24.8. The van der Waals surface area contributed by atoms with Crippen LogP contribution in [-0.4, -0.2) is 43.5 Å². The molecule has 2 amide bonds. The minimum Gasteiger partial charge on any atom is -0.494 e. The van der Waals surface area contributed by atoms with Crippen molar-refractivity contribution in [2.45, 2.75) is 19.3 Å². The Morgan fingerprint density at radius 3 is 2.81 bits per heavy atom. The molecule has 1 aromatic rings. The molecule has 1 aliphatic rings. The van der Waals surface area contributed by atoms with Crippen molar-refractivity contribution in [1.82, 2.24) is 10.2 Å². The molecule has 21 heavy (non-hydrogen) atoms. The van der Waals surface area contributed by atoms with E-state index >= 15 is 0 Å². The van der Waals surface area contributed by atoms with Crippen LogP contribution in [0.2, 0.25) is 0 Å². The number of carbonyl (C=O) groups excluding carboxylic acids is 2. The molecule has 1 aliphatic heterocycles. The molecule has 0 spiro atoms. The molecule has 0 aromatic heterocycles. The van der Waals surface area contributed by atoms with Gasteiger partial charge < -0.3 is 15.0 Å². The SMILES string of the molecule is CN1CC(CNC(=O)CCCOc2ccccc2)CC1=O. The largest absolute Gasteiger partial charge is 0.494 e. The number of para-hydroxylation sites is 1. The van der Waals surface area contributed by atoms with Crippen molar-refractivity contribution in [3.05, 3.63) is 30.3 Å². The lowest BCUT2D eigenvalue weighted by Gasteiger charge is -2.11. The van der Waals surface area contributed by atoms with Crippen molar-refractivity contribution in [2.24, 2.45) is 5.92 Å². The van der Waals surface area contributed by atoms with Crippen LogP contribution >= 0.6 is 0 Å². The van der Waals surface area contributed by atoms with Gasteiger partial charge in [0.05, 0.1) is 6.61 Å². The third-order valence-corrected chi connectivity index (χ3v) is 3.57. The lowest BCUT2D eigenvalue weighted by Crippen LogP contribution is -2.30. The van der Waals surface area contributed by atoms with Gasteiger partial charge in [-0.2, -0.15) is 0 Å². The molecule has 0 radical (unpaired) electrons. The summed E-state index contributed by atoms with van der Waals surface area (Å²) in [5, 5.41) is 2.89. The number of hydrogen-bond acceptors (Lipinski definition) is 3. The molecule has 114 valence electrons. The van der Waals surface area contributed by atoms with Crippen molar-refractivity contribution in [1.29, 1.82) is 0 Å². The van der Waals surface area contributed by atoms with Crippen LogP contribution in [0.25, 0.3) is 0 Å². The number of carbonyl (C=O) groups is 2. The first-order valence-electron chi connectivity index (χ1n) is 7.33. The number of nitrogens with zero attached hydrogens (tertiary/aromatic N) is 1. The molecule has 1 aromatic carbocycles. The van der Waals surface area contributed by atoms with Crippen LogP contribution in [0.15, 0.2) is 30.3 Å². The molecule has 1 heterocycles.